The van der Waals surface area contributed by atoms with Gasteiger partial charge in [-0.1, -0.05) is 5.16 Å². The second kappa shape index (κ2) is 6.23. The summed E-state index contributed by atoms with van der Waals surface area (Å²) in [5, 5.41) is 3.93. The molecular weight excluding hydrogens is 232 g/mol. The lowest BCUT2D eigenvalue weighted by molar-refractivity contribution is 0.194. The molecule has 0 fully saturated rings. The average molecular weight is 248 g/mol. The van der Waals surface area contributed by atoms with Gasteiger partial charge in [0.1, 0.15) is 0 Å². The molecule has 0 aliphatic carbocycles. The summed E-state index contributed by atoms with van der Waals surface area (Å²) in [5.74, 6) is 1.19. The third-order valence-electron chi connectivity index (χ3n) is 2.49. The fraction of sp³-hybridized carbons (Fsp3) is 0.417. The first-order chi connectivity index (χ1) is 8.83. The van der Waals surface area contributed by atoms with Crippen molar-refractivity contribution in [2.45, 2.75) is 19.4 Å². The zero-order valence-corrected chi connectivity index (χ0v) is 10.3. The number of nitrogens with two attached hydrogens (primary N) is 1. The number of aromatic nitrogens is 3. The summed E-state index contributed by atoms with van der Waals surface area (Å²) in [7, 11) is 1.67. The molecule has 0 aliphatic heterocycles. The molecule has 0 bridgehead atoms. The van der Waals surface area contributed by atoms with Crippen LogP contribution in [0.1, 0.15) is 17.9 Å². The van der Waals surface area contributed by atoms with Crippen molar-refractivity contribution >= 4 is 0 Å². The molecule has 0 spiro atoms. The molecular formula is C12H16N4O2. The lowest BCUT2D eigenvalue weighted by atomic mass is 10.2. The van der Waals surface area contributed by atoms with E-state index in [2.05, 4.69) is 15.1 Å². The molecule has 2 aromatic rings. The highest BCUT2D eigenvalue weighted by Gasteiger charge is 2.09. The van der Waals surface area contributed by atoms with Crippen molar-refractivity contribution in [2.75, 3.05) is 13.7 Å². The number of ether oxygens (including phenoxy) is 1. The minimum absolute atomic E-state index is 0.392. The van der Waals surface area contributed by atoms with Gasteiger partial charge >= 0.3 is 0 Å². The number of hydrogen-bond acceptors (Lipinski definition) is 6. The van der Waals surface area contributed by atoms with Crippen LogP contribution in [-0.4, -0.2) is 28.8 Å². The quantitative estimate of drug-likeness (QED) is 0.772. The van der Waals surface area contributed by atoms with E-state index in [4.69, 9.17) is 15.0 Å². The van der Waals surface area contributed by atoms with E-state index in [9.17, 15) is 0 Å². The van der Waals surface area contributed by atoms with E-state index < -0.39 is 0 Å². The number of methoxy groups -OCH3 is 1. The van der Waals surface area contributed by atoms with E-state index in [1.165, 1.54) is 0 Å². The van der Waals surface area contributed by atoms with E-state index in [1.807, 2.05) is 12.1 Å². The second-order valence-corrected chi connectivity index (χ2v) is 3.85. The normalized spacial score (nSPS) is 10.8. The van der Waals surface area contributed by atoms with Gasteiger partial charge < -0.3 is 15.0 Å². The molecule has 0 unspecified atom stereocenters. The minimum atomic E-state index is 0.392. The lowest BCUT2D eigenvalue weighted by Gasteiger charge is -1.97. The first-order valence-electron chi connectivity index (χ1n) is 5.80. The minimum Gasteiger partial charge on any atom is -0.385 e. The van der Waals surface area contributed by atoms with Gasteiger partial charge in [0.25, 0.3) is 5.89 Å². The summed E-state index contributed by atoms with van der Waals surface area (Å²) in [6.07, 6.45) is 3.30. The monoisotopic (exact) mass is 248 g/mol. The van der Waals surface area contributed by atoms with E-state index in [0.717, 1.165) is 24.1 Å². The largest absolute Gasteiger partial charge is 0.385 e. The Morgan fingerprint density at radius 3 is 3.11 bits per heavy atom. The van der Waals surface area contributed by atoms with Crippen molar-refractivity contribution < 1.29 is 9.26 Å². The number of rotatable bonds is 6. The van der Waals surface area contributed by atoms with Gasteiger partial charge in [0, 0.05) is 38.4 Å². The summed E-state index contributed by atoms with van der Waals surface area (Å²) < 4.78 is 10.2. The van der Waals surface area contributed by atoms with E-state index in [1.54, 1.807) is 13.3 Å². The van der Waals surface area contributed by atoms with Crippen molar-refractivity contribution in [2.24, 2.45) is 5.73 Å². The summed E-state index contributed by atoms with van der Waals surface area (Å²) >= 11 is 0. The highest BCUT2D eigenvalue weighted by molar-refractivity contribution is 5.52. The van der Waals surface area contributed by atoms with E-state index in [0.29, 0.717) is 24.9 Å². The second-order valence-electron chi connectivity index (χ2n) is 3.85. The lowest BCUT2D eigenvalue weighted by Crippen LogP contribution is -1.99. The molecule has 2 heterocycles. The first kappa shape index (κ1) is 12.7. The van der Waals surface area contributed by atoms with Gasteiger partial charge in [-0.05, 0) is 18.6 Å². The molecule has 0 amide bonds. The van der Waals surface area contributed by atoms with Crippen molar-refractivity contribution in [3.8, 4) is 11.5 Å². The third kappa shape index (κ3) is 3.12. The van der Waals surface area contributed by atoms with Crippen molar-refractivity contribution in [1.82, 2.24) is 15.1 Å². The van der Waals surface area contributed by atoms with Gasteiger partial charge in [-0.2, -0.15) is 4.98 Å². The molecule has 0 atom stereocenters. The maximum absolute atomic E-state index is 5.54. The summed E-state index contributed by atoms with van der Waals surface area (Å²) in [6, 6.07) is 3.68. The molecule has 2 N–H and O–H groups in total. The fourth-order valence-electron chi connectivity index (χ4n) is 1.57. The van der Waals surface area contributed by atoms with Crippen LogP contribution in [0.3, 0.4) is 0 Å². The predicted octanol–water partition coefficient (Wildman–Crippen LogP) is 1.17. The molecule has 18 heavy (non-hydrogen) atoms. The molecule has 0 aliphatic rings. The average Bonchev–Trinajstić information content (AvgIpc) is 2.88. The summed E-state index contributed by atoms with van der Waals surface area (Å²) in [4.78, 5) is 8.45. The molecule has 0 saturated carbocycles. The Kier molecular flexibility index (Phi) is 4.38. The highest BCUT2D eigenvalue weighted by Crippen LogP contribution is 2.17. The van der Waals surface area contributed by atoms with Gasteiger partial charge in [0.15, 0.2) is 5.82 Å². The topological polar surface area (TPSA) is 87.1 Å². The van der Waals surface area contributed by atoms with Crippen LogP contribution in [0.2, 0.25) is 0 Å². The maximum Gasteiger partial charge on any atom is 0.258 e. The van der Waals surface area contributed by atoms with Crippen LogP contribution in [0.15, 0.2) is 22.9 Å². The standard InChI is InChI=1S/C12H16N4O2/c1-17-6-2-3-11-15-12(18-16-11)9-4-5-14-10(7-9)8-13/h4-5,7H,2-3,6,8,13H2,1H3. The van der Waals surface area contributed by atoms with Crippen molar-refractivity contribution in [1.29, 1.82) is 0 Å². The molecule has 6 heteroatoms. The molecule has 2 rings (SSSR count). The predicted molar refractivity (Wildman–Crippen MR) is 65.6 cm³/mol. The number of aryl methyl sites for hydroxylation is 1. The third-order valence-corrected chi connectivity index (χ3v) is 2.49. The number of nitrogens with zero attached hydrogens (tertiary/aromatic N) is 3. The zero-order valence-electron chi connectivity index (χ0n) is 10.3. The highest BCUT2D eigenvalue weighted by atomic mass is 16.5. The Labute approximate surface area is 105 Å². The van der Waals surface area contributed by atoms with Gasteiger partial charge in [0.05, 0.1) is 5.69 Å². The van der Waals surface area contributed by atoms with Crippen LogP contribution in [0, 0.1) is 0 Å². The van der Waals surface area contributed by atoms with Crippen LogP contribution in [0.4, 0.5) is 0 Å². The number of pyridine rings is 1. The SMILES string of the molecule is COCCCc1noc(-c2ccnc(CN)c2)n1. The Morgan fingerprint density at radius 2 is 2.33 bits per heavy atom. The smallest absolute Gasteiger partial charge is 0.258 e. The Hall–Kier alpha value is -1.79. The van der Waals surface area contributed by atoms with Crippen LogP contribution in [0.5, 0.6) is 0 Å². The molecule has 2 aromatic heterocycles. The van der Waals surface area contributed by atoms with Crippen molar-refractivity contribution in [3.63, 3.8) is 0 Å². The Balaban J connectivity index is 2.08. The van der Waals surface area contributed by atoms with Gasteiger partial charge in [-0.25, -0.2) is 0 Å². The molecule has 96 valence electrons. The zero-order chi connectivity index (χ0) is 12.8. The molecule has 6 nitrogen and oxygen atoms in total. The van der Waals surface area contributed by atoms with Gasteiger partial charge in [0.2, 0.25) is 0 Å². The molecule has 0 saturated heterocycles. The van der Waals surface area contributed by atoms with Gasteiger partial charge in [-0.3, -0.25) is 4.98 Å². The van der Waals surface area contributed by atoms with Gasteiger partial charge in [-0.15, -0.1) is 0 Å². The van der Waals surface area contributed by atoms with E-state index in [-0.39, 0.29) is 0 Å². The maximum atomic E-state index is 5.54. The molecule has 0 radical (unpaired) electrons. The summed E-state index contributed by atoms with van der Waals surface area (Å²) in [5.41, 5.74) is 7.18. The first-order valence-corrected chi connectivity index (χ1v) is 5.80. The van der Waals surface area contributed by atoms with Crippen LogP contribution < -0.4 is 5.73 Å². The van der Waals surface area contributed by atoms with Crippen LogP contribution in [-0.2, 0) is 17.7 Å². The van der Waals surface area contributed by atoms with Crippen LogP contribution >= 0.6 is 0 Å². The Morgan fingerprint density at radius 1 is 1.44 bits per heavy atom. The van der Waals surface area contributed by atoms with E-state index >= 15 is 0 Å². The van der Waals surface area contributed by atoms with Crippen molar-refractivity contribution in [3.05, 3.63) is 29.8 Å². The summed E-state index contributed by atoms with van der Waals surface area (Å²) in [6.45, 7) is 1.08. The molecule has 0 aromatic carbocycles. The fourth-order valence-corrected chi connectivity index (χ4v) is 1.57. The Bertz CT molecular complexity index is 498. The van der Waals surface area contributed by atoms with Crippen LogP contribution in [0.25, 0.3) is 11.5 Å². The number of hydrogen-bond donors (Lipinski definition) is 1.